The van der Waals surface area contributed by atoms with Crippen LogP contribution >= 0.6 is 0 Å². The minimum Gasteiger partial charge on any atom is -0.341 e. The van der Waals surface area contributed by atoms with Gasteiger partial charge in [0.25, 0.3) is 15.9 Å². The molecule has 6 nitrogen and oxygen atoms in total. The quantitative estimate of drug-likeness (QED) is 0.865. The molecule has 1 amide bonds. The summed E-state index contributed by atoms with van der Waals surface area (Å²) in [5, 5.41) is 3.09. The molecule has 0 aliphatic carbocycles. The number of benzene rings is 2. The number of amides is 1. The topological polar surface area (TPSA) is 78.8 Å². The van der Waals surface area contributed by atoms with Gasteiger partial charge in [0.2, 0.25) is 0 Å². The van der Waals surface area contributed by atoms with E-state index in [1.807, 2.05) is 60.7 Å². The van der Waals surface area contributed by atoms with Crippen molar-refractivity contribution < 1.29 is 13.2 Å². The summed E-state index contributed by atoms with van der Waals surface area (Å²) in [6, 6.07) is 19.2. The van der Waals surface area contributed by atoms with Crippen molar-refractivity contribution in [3.05, 3.63) is 95.7 Å². The zero-order valence-corrected chi connectivity index (χ0v) is 15.8. The number of nitrogens with zero attached hydrogens (tertiary/aromatic N) is 2. The molecule has 7 heteroatoms. The first-order valence-electron chi connectivity index (χ1n) is 8.92. The first kappa shape index (κ1) is 18.2. The highest BCUT2D eigenvalue weighted by atomic mass is 32.2. The molecule has 2 aliphatic heterocycles. The minimum absolute atomic E-state index is 0.0631. The third-order valence-electron chi connectivity index (χ3n) is 4.63. The Hall–Kier alpha value is -3.19. The van der Waals surface area contributed by atoms with Crippen LogP contribution < -0.4 is 5.32 Å². The summed E-state index contributed by atoms with van der Waals surface area (Å²) in [5.74, 6) is 0.0405. The molecule has 0 bridgehead atoms. The van der Waals surface area contributed by atoms with Gasteiger partial charge in [0.15, 0.2) is 0 Å². The molecule has 0 aromatic heterocycles. The zero-order valence-electron chi connectivity index (χ0n) is 15.0. The number of carbonyl (C=O) groups is 1. The summed E-state index contributed by atoms with van der Waals surface area (Å²) in [6.45, 7) is 0.281. The predicted molar refractivity (Wildman–Crippen MR) is 108 cm³/mol. The van der Waals surface area contributed by atoms with Crippen LogP contribution in [0.15, 0.2) is 89.0 Å². The SMILES string of the molecule is O=C(NC(c1ccccc1)c1ccccc1)C1=CN2CCS(=O)(=O)N=C2C=C1. The second kappa shape index (κ2) is 7.44. The van der Waals surface area contributed by atoms with E-state index < -0.39 is 10.0 Å². The highest BCUT2D eigenvalue weighted by Crippen LogP contribution is 2.23. The smallest absolute Gasteiger partial charge is 0.256 e. The molecule has 1 N–H and O–H groups in total. The number of hydrogen-bond donors (Lipinski definition) is 1. The van der Waals surface area contributed by atoms with E-state index in [9.17, 15) is 13.2 Å². The molecule has 2 aromatic carbocycles. The van der Waals surface area contributed by atoms with Gasteiger partial charge in [0.05, 0.1) is 17.4 Å². The average molecular weight is 393 g/mol. The fraction of sp³-hybridized carbons (Fsp3) is 0.143. The number of hydrogen-bond acceptors (Lipinski definition) is 4. The van der Waals surface area contributed by atoms with Crippen molar-refractivity contribution in [1.29, 1.82) is 0 Å². The van der Waals surface area contributed by atoms with Gasteiger partial charge in [-0.2, -0.15) is 0 Å². The van der Waals surface area contributed by atoms with Crippen LogP contribution in [0.2, 0.25) is 0 Å². The largest absolute Gasteiger partial charge is 0.341 e. The third-order valence-corrected chi connectivity index (χ3v) is 5.79. The van der Waals surface area contributed by atoms with Crippen LogP contribution in [-0.4, -0.2) is 37.4 Å². The Morgan fingerprint density at radius 3 is 2.18 bits per heavy atom. The van der Waals surface area contributed by atoms with Gasteiger partial charge in [0.1, 0.15) is 5.84 Å². The Balaban J connectivity index is 1.59. The van der Waals surface area contributed by atoms with Crippen LogP contribution in [0.5, 0.6) is 0 Å². The first-order valence-corrected chi connectivity index (χ1v) is 10.5. The molecule has 28 heavy (non-hydrogen) atoms. The number of fused-ring (bicyclic) bond motifs is 1. The zero-order chi connectivity index (χ0) is 19.6. The van der Waals surface area contributed by atoms with Gasteiger partial charge in [-0.3, -0.25) is 4.79 Å². The van der Waals surface area contributed by atoms with Gasteiger partial charge in [-0.05, 0) is 23.3 Å². The van der Waals surface area contributed by atoms with Crippen molar-refractivity contribution >= 4 is 21.8 Å². The number of amidine groups is 1. The fourth-order valence-corrected chi connectivity index (χ4v) is 4.17. The van der Waals surface area contributed by atoms with Crippen LogP contribution in [0.1, 0.15) is 17.2 Å². The summed E-state index contributed by atoms with van der Waals surface area (Å²) in [7, 11) is -3.42. The molecule has 0 spiro atoms. The summed E-state index contributed by atoms with van der Waals surface area (Å²) >= 11 is 0. The molecule has 0 saturated carbocycles. The number of sulfonamides is 1. The monoisotopic (exact) mass is 393 g/mol. The Bertz CT molecular complexity index is 1030. The molecule has 2 aliphatic rings. The summed E-state index contributed by atoms with van der Waals surface area (Å²) in [4.78, 5) is 14.6. The van der Waals surface area contributed by atoms with Crippen LogP contribution in [0, 0.1) is 0 Å². The molecule has 0 atom stereocenters. The van der Waals surface area contributed by atoms with E-state index in [2.05, 4.69) is 9.71 Å². The standard InChI is InChI=1S/C21H19N3O3S/c25-21(18-11-12-19-23-28(26,27)14-13-24(19)15-18)22-20(16-7-3-1-4-8-16)17-9-5-2-6-10-17/h1-12,15,20H,13-14H2,(H,22,25). The van der Waals surface area contributed by atoms with Crippen molar-refractivity contribution in [1.82, 2.24) is 10.2 Å². The van der Waals surface area contributed by atoms with Gasteiger partial charge in [-0.25, -0.2) is 8.42 Å². The summed E-state index contributed by atoms with van der Waals surface area (Å²) < 4.78 is 27.0. The van der Waals surface area contributed by atoms with E-state index in [0.717, 1.165) is 11.1 Å². The van der Waals surface area contributed by atoms with Gasteiger partial charge in [0, 0.05) is 12.7 Å². The molecule has 0 fully saturated rings. The molecular formula is C21H19N3O3S. The van der Waals surface area contributed by atoms with Crippen LogP contribution in [-0.2, 0) is 14.8 Å². The maximum absolute atomic E-state index is 12.9. The molecule has 2 heterocycles. The molecular weight excluding hydrogens is 374 g/mol. The summed E-state index contributed by atoms with van der Waals surface area (Å²) in [5.41, 5.74) is 2.41. The average Bonchev–Trinajstić information content (AvgIpc) is 2.72. The van der Waals surface area contributed by atoms with Crippen molar-refractivity contribution in [2.24, 2.45) is 4.40 Å². The molecule has 2 aromatic rings. The van der Waals surface area contributed by atoms with Crippen molar-refractivity contribution in [3.63, 3.8) is 0 Å². The van der Waals surface area contributed by atoms with Crippen LogP contribution in [0.4, 0.5) is 0 Å². The van der Waals surface area contributed by atoms with Crippen molar-refractivity contribution in [2.75, 3.05) is 12.3 Å². The van der Waals surface area contributed by atoms with E-state index in [0.29, 0.717) is 11.4 Å². The maximum Gasteiger partial charge on any atom is 0.256 e. The molecule has 0 saturated heterocycles. The molecule has 0 unspecified atom stereocenters. The third kappa shape index (κ3) is 3.89. The van der Waals surface area contributed by atoms with Crippen LogP contribution in [0.3, 0.4) is 0 Å². The highest BCUT2D eigenvalue weighted by molar-refractivity contribution is 7.90. The summed E-state index contributed by atoms with van der Waals surface area (Å²) in [6.07, 6.45) is 4.81. The second-order valence-corrected chi connectivity index (χ2v) is 8.33. The number of rotatable bonds is 4. The normalized spacial score (nSPS) is 17.5. The van der Waals surface area contributed by atoms with Gasteiger partial charge < -0.3 is 10.2 Å². The Kier molecular flexibility index (Phi) is 4.83. The van der Waals surface area contributed by atoms with Gasteiger partial charge >= 0.3 is 0 Å². The van der Waals surface area contributed by atoms with Gasteiger partial charge in [-0.15, -0.1) is 4.40 Å². The number of carbonyl (C=O) groups excluding carboxylic acids is 1. The first-order chi connectivity index (χ1) is 13.5. The molecule has 4 rings (SSSR count). The van der Waals surface area contributed by atoms with E-state index in [1.54, 1.807) is 23.3 Å². The molecule has 0 radical (unpaired) electrons. The lowest BCUT2D eigenvalue weighted by molar-refractivity contribution is -0.117. The maximum atomic E-state index is 12.9. The Labute approximate surface area is 164 Å². The Morgan fingerprint density at radius 2 is 1.57 bits per heavy atom. The second-order valence-electron chi connectivity index (χ2n) is 6.57. The van der Waals surface area contributed by atoms with Crippen LogP contribution in [0.25, 0.3) is 0 Å². The van der Waals surface area contributed by atoms with Crippen molar-refractivity contribution in [3.8, 4) is 0 Å². The number of nitrogens with one attached hydrogen (secondary N) is 1. The predicted octanol–water partition coefficient (Wildman–Crippen LogP) is 2.39. The minimum atomic E-state index is -3.42. The van der Waals surface area contributed by atoms with E-state index in [-0.39, 0.29) is 24.2 Å². The Morgan fingerprint density at radius 1 is 0.964 bits per heavy atom. The van der Waals surface area contributed by atoms with E-state index >= 15 is 0 Å². The highest BCUT2D eigenvalue weighted by Gasteiger charge is 2.26. The van der Waals surface area contributed by atoms with Crippen molar-refractivity contribution in [2.45, 2.75) is 6.04 Å². The lowest BCUT2D eigenvalue weighted by atomic mass is 9.98. The van der Waals surface area contributed by atoms with Gasteiger partial charge in [-0.1, -0.05) is 60.7 Å². The molecule has 142 valence electrons. The lowest BCUT2D eigenvalue weighted by Crippen LogP contribution is -2.38. The van der Waals surface area contributed by atoms with E-state index in [1.165, 1.54) is 0 Å². The fourth-order valence-electron chi connectivity index (χ4n) is 3.20. The lowest BCUT2D eigenvalue weighted by Gasteiger charge is -2.27. The van der Waals surface area contributed by atoms with E-state index in [4.69, 9.17) is 0 Å².